The Labute approximate surface area is 55.9 Å². The molecule has 1 aliphatic rings. The third kappa shape index (κ3) is 1.03. The molecule has 0 bridgehead atoms. The van der Waals surface area contributed by atoms with Gasteiger partial charge in [-0.3, -0.25) is 0 Å². The Morgan fingerprint density at radius 1 is 1.70 bits per heavy atom. The molecule has 0 aromatic heterocycles. The highest BCUT2D eigenvalue weighted by Gasteiger charge is 2.52. The lowest BCUT2D eigenvalue weighted by molar-refractivity contribution is -0.198. The SMILES string of the molecule is CCC1OC(=O)OC1(F)F. The Morgan fingerprint density at radius 2 is 2.30 bits per heavy atom. The average Bonchev–Trinajstić information content (AvgIpc) is 2.04. The summed E-state index contributed by atoms with van der Waals surface area (Å²) in [5, 5.41) is 0. The Balaban J connectivity index is 2.67. The van der Waals surface area contributed by atoms with E-state index in [-0.39, 0.29) is 6.42 Å². The van der Waals surface area contributed by atoms with Gasteiger partial charge in [-0.25, -0.2) is 4.79 Å². The molecule has 0 aromatic rings. The molecular formula is C5H6F2O3. The minimum Gasteiger partial charge on any atom is -0.420 e. The second kappa shape index (κ2) is 2.07. The van der Waals surface area contributed by atoms with Crippen molar-refractivity contribution in [1.29, 1.82) is 0 Å². The Bertz CT molecular complexity index is 157. The van der Waals surface area contributed by atoms with E-state index < -0.39 is 18.4 Å². The third-order valence-corrected chi connectivity index (χ3v) is 1.20. The molecule has 0 radical (unpaired) electrons. The van der Waals surface area contributed by atoms with Crippen LogP contribution < -0.4 is 0 Å². The van der Waals surface area contributed by atoms with Crippen LogP contribution in [0.3, 0.4) is 0 Å². The van der Waals surface area contributed by atoms with Crippen molar-refractivity contribution in [2.45, 2.75) is 25.6 Å². The van der Waals surface area contributed by atoms with E-state index in [0.717, 1.165) is 0 Å². The molecule has 1 unspecified atom stereocenters. The lowest BCUT2D eigenvalue weighted by atomic mass is 10.3. The molecule has 1 saturated heterocycles. The zero-order chi connectivity index (χ0) is 7.78. The first-order chi connectivity index (χ1) is 4.56. The van der Waals surface area contributed by atoms with Crippen LogP contribution in [0.25, 0.3) is 0 Å². The van der Waals surface area contributed by atoms with Crippen molar-refractivity contribution < 1.29 is 23.0 Å². The van der Waals surface area contributed by atoms with Gasteiger partial charge in [-0.05, 0) is 6.42 Å². The lowest BCUT2D eigenvalue weighted by Gasteiger charge is -2.09. The smallest absolute Gasteiger partial charge is 0.420 e. The van der Waals surface area contributed by atoms with E-state index in [4.69, 9.17) is 0 Å². The fraction of sp³-hybridized carbons (Fsp3) is 0.800. The number of rotatable bonds is 1. The molecule has 10 heavy (non-hydrogen) atoms. The van der Waals surface area contributed by atoms with E-state index in [1.165, 1.54) is 6.92 Å². The number of carbonyl (C=O) groups is 1. The molecule has 0 N–H and O–H groups in total. The van der Waals surface area contributed by atoms with Gasteiger partial charge >= 0.3 is 12.3 Å². The molecule has 0 aliphatic carbocycles. The number of alkyl halides is 2. The lowest BCUT2D eigenvalue weighted by Crippen LogP contribution is -2.28. The van der Waals surface area contributed by atoms with E-state index in [1.807, 2.05) is 0 Å². The van der Waals surface area contributed by atoms with Gasteiger partial charge in [0.05, 0.1) is 0 Å². The summed E-state index contributed by atoms with van der Waals surface area (Å²) in [6, 6.07) is 0. The zero-order valence-electron chi connectivity index (χ0n) is 5.27. The van der Waals surface area contributed by atoms with Crippen molar-refractivity contribution in [2.75, 3.05) is 0 Å². The topological polar surface area (TPSA) is 35.5 Å². The second-order valence-corrected chi connectivity index (χ2v) is 1.93. The van der Waals surface area contributed by atoms with Gasteiger partial charge in [0, 0.05) is 0 Å². The minimum absolute atomic E-state index is 0.0543. The molecule has 0 saturated carbocycles. The van der Waals surface area contributed by atoms with Gasteiger partial charge in [0.2, 0.25) is 6.10 Å². The first kappa shape index (κ1) is 7.24. The first-order valence-corrected chi connectivity index (χ1v) is 2.83. The van der Waals surface area contributed by atoms with Crippen LogP contribution in [0.2, 0.25) is 0 Å². The van der Waals surface area contributed by atoms with Gasteiger partial charge in [-0.2, -0.15) is 8.78 Å². The van der Waals surface area contributed by atoms with Crippen molar-refractivity contribution in [2.24, 2.45) is 0 Å². The van der Waals surface area contributed by atoms with Gasteiger partial charge in [-0.15, -0.1) is 0 Å². The summed E-state index contributed by atoms with van der Waals surface area (Å²) in [4.78, 5) is 10.1. The molecule has 3 nitrogen and oxygen atoms in total. The number of hydrogen-bond acceptors (Lipinski definition) is 3. The van der Waals surface area contributed by atoms with Crippen LogP contribution in [0, 0.1) is 0 Å². The summed E-state index contributed by atoms with van der Waals surface area (Å²) in [5.41, 5.74) is 0. The quantitative estimate of drug-likeness (QED) is 0.534. The van der Waals surface area contributed by atoms with Gasteiger partial charge in [0.25, 0.3) is 0 Å². The zero-order valence-corrected chi connectivity index (χ0v) is 5.27. The summed E-state index contributed by atoms with van der Waals surface area (Å²) in [5.74, 6) is 0. The van der Waals surface area contributed by atoms with Crippen LogP contribution in [0.5, 0.6) is 0 Å². The van der Waals surface area contributed by atoms with E-state index >= 15 is 0 Å². The van der Waals surface area contributed by atoms with Crippen molar-refractivity contribution in [3.63, 3.8) is 0 Å². The van der Waals surface area contributed by atoms with Crippen LogP contribution in [0.1, 0.15) is 13.3 Å². The molecule has 1 heterocycles. The maximum atomic E-state index is 12.3. The van der Waals surface area contributed by atoms with Crippen molar-refractivity contribution >= 4 is 6.16 Å². The minimum atomic E-state index is -3.44. The summed E-state index contributed by atoms with van der Waals surface area (Å²) >= 11 is 0. The molecule has 0 spiro atoms. The number of cyclic esters (lactones) is 2. The van der Waals surface area contributed by atoms with Crippen molar-refractivity contribution in [3.05, 3.63) is 0 Å². The van der Waals surface area contributed by atoms with Gasteiger partial charge in [0.15, 0.2) is 0 Å². The molecule has 58 valence electrons. The van der Waals surface area contributed by atoms with Gasteiger partial charge in [-0.1, -0.05) is 6.92 Å². The van der Waals surface area contributed by atoms with Crippen LogP contribution in [-0.2, 0) is 9.47 Å². The van der Waals surface area contributed by atoms with E-state index in [1.54, 1.807) is 0 Å². The molecule has 1 rings (SSSR count). The third-order valence-electron chi connectivity index (χ3n) is 1.20. The van der Waals surface area contributed by atoms with E-state index in [0.29, 0.717) is 0 Å². The normalized spacial score (nSPS) is 29.5. The Hall–Kier alpha value is -0.870. The monoisotopic (exact) mass is 152 g/mol. The Morgan fingerprint density at radius 3 is 2.50 bits per heavy atom. The number of ether oxygens (including phenoxy) is 2. The molecular weight excluding hydrogens is 146 g/mol. The standard InChI is InChI=1S/C5H6F2O3/c1-2-3-5(6,7)10-4(8)9-3/h3H,2H2,1H3. The molecule has 0 aromatic carbocycles. The summed E-state index contributed by atoms with van der Waals surface area (Å²) in [6.45, 7) is 1.49. The largest absolute Gasteiger partial charge is 0.513 e. The second-order valence-electron chi connectivity index (χ2n) is 1.93. The van der Waals surface area contributed by atoms with E-state index in [9.17, 15) is 13.6 Å². The predicted octanol–water partition coefficient (Wildman–Crippen LogP) is 1.52. The molecule has 1 aliphatic heterocycles. The van der Waals surface area contributed by atoms with Crippen molar-refractivity contribution in [1.82, 2.24) is 0 Å². The fourth-order valence-electron chi connectivity index (χ4n) is 0.707. The summed E-state index contributed by atoms with van der Waals surface area (Å²) < 4.78 is 32.3. The number of hydrogen-bond donors (Lipinski definition) is 0. The highest BCUT2D eigenvalue weighted by Crippen LogP contribution is 2.31. The molecule has 1 fully saturated rings. The van der Waals surface area contributed by atoms with E-state index in [2.05, 4.69) is 9.47 Å². The Kier molecular flexibility index (Phi) is 1.50. The number of halogens is 2. The highest BCUT2D eigenvalue weighted by molar-refractivity contribution is 5.62. The fourth-order valence-corrected chi connectivity index (χ4v) is 0.707. The summed E-state index contributed by atoms with van der Waals surface area (Å²) in [7, 11) is 0. The number of carbonyl (C=O) groups excluding carboxylic acids is 1. The van der Waals surface area contributed by atoms with Crippen LogP contribution in [0.4, 0.5) is 13.6 Å². The summed E-state index contributed by atoms with van der Waals surface area (Å²) in [6.07, 6.45) is -6.10. The molecule has 1 atom stereocenters. The highest BCUT2D eigenvalue weighted by atomic mass is 19.3. The van der Waals surface area contributed by atoms with Gasteiger partial charge < -0.3 is 9.47 Å². The maximum Gasteiger partial charge on any atom is 0.513 e. The van der Waals surface area contributed by atoms with Crippen molar-refractivity contribution in [3.8, 4) is 0 Å². The molecule has 0 amide bonds. The van der Waals surface area contributed by atoms with Crippen LogP contribution in [-0.4, -0.2) is 18.4 Å². The molecule has 5 heteroatoms. The maximum absolute atomic E-state index is 12.3. The van der Waals surface area contributed by atoms with Crippen LogP contribution in [0.15, 0.2) is 0 Å². The van der Waals surface area contributed by atoms with Crippen LogP contribution >= 0.6 is 0 Å². The average molecular weight is 152 g/mol. The predicted molar refractivity (Wildman–Crippen MR) is 26.6 cm³/mol. The van der Waals surface area contributed by atoms with Gasteiger partial charge in [0.1, 0.15) is 0 Å². The first-order valence-electron chi connectivity index (χ1n) is 2.83.